The smallest absolute Gasteiger partial charge is 0.317 e. The van der Waals surface area contributed by atoms with Crippen molar-refractivity contribution in [2.45, 2.75) is 6.42 Å². The van der Waals surface area contributed by atoms with Crippen LogP contribution in [0.15, 0.2) is 12.2 Å². The monoisotopic (exact) mass is 190 g/mol. The van der Waals surface area contributed by atoms with E-state index in [1.54, 1.807) is 0 Å². The van der Waals surface area contributed by atoms with Crippen LogP contribution in [0.2, 0.25) is 0 Å². The Kier molecular flexibility index (Phi) is 1.00. The van der Waals surface area contributed by atoms with E-state index < -0.39 is 0 Å². The zero-order valence-corrected chi connectivity index (χ0v) is 7.55. The highest BCUT2D eigenvalue weighted by atomic mass is 16.6. The molecule has 72 valence electrons. The highest BCUT2D eigenvalue weighted by Gasteiger charge is 2.70. The molecular weight excluding hydrogens is 180 g/mol. The Balaban J connectivity index is 1.80. The third-order valence-electron chi connectivity index (χ3n) is 4.54. The summed E-state index contributed by atoms with van der Waals surface area (Å²) in [6.07, 6.45) is 5.60. The molecule has 0 amide bonds. The average molecular weight is 190 g/mol. The standard InChI is InChI=1S/C11H10O3/c12-10-8-6-4-1-2-5(3-4)7(6)9(8)11(13)14-10/h1-2,4-9H,3H2/t4?,5?,6?,7?,8-,9?/m0/s1. The summed E-state index contributed by atoms with van der Waals surface area (Å²) in [6.45, 7) is 0. The van der Waals surface area contributed by atoms with Crippen LogP contribution in [0.3, 0.4) is 0 Å². The van der Waals surface area contributed by atoms with Crippen molar-refractivity contribution in [3.63, 3.8) is 0 Å². The number of hydrogen-bond acceptors (Lipinski definition) is 3. The second-order valence-electron chi connectivity index (χ2n) is 4.89. The number of allylic oxidation sites excluding steroid dienone is 2. The van der Waals surface area contributed by atoms with E-state index in [2.05, 4.69) is 12.2 Å². The van der Waals surface area contributed by atoms with Crippen molar-refractivity contribution in [2.24, 2.45) is 35.5 Å². The molecule has 1 aliphatic heterocycles. The predicted octanol–water partition coefficient (Wildman–Crippen LogP) is 0.754. The molecule has 0 aromatic carbocycles. The first kappa shape index (κ1) is 7.21. The Bertz CT molecular complexity index is 350. The molecule has 2 saturated carbocycles. The predicted molar refractivity (Wildman–Crippen MR) is 45.8 cm³/mol. The van der Waals surface area contributed by atoms with Crippen LogP contribution >= 0.6 is 0 Å². The molecule has 0 aromatic rings. The second kappa shape index (κ2) is 1.95. The minimum Gasteiger partial charge on any atom is -0.393 e. The summed E-state index contributed by atoms with van der Waals surface area (Å²) in [5, 5.41) is 0. The number of fused-ring (bicyclic) bond motifs is 8. The van der Waals surface area contributed by atoms with Gasteiger partial charge in [0.15, 0.2) is 0 Å². The number of rotatable bonds is 0. The Morgan fingerprint density at radius 1 is 1.00 bits per heavy atom. The summed E-state index contributed by atoms with van der Waals surface area (Å²) in [7, 11) is 0. The third-order valence-corrected chi connectivity index (χ3v) is 4.54. The van der Waals surface area contributed by atoms with E-state index >= 15 is 0 Å². The van der Waals surface area contributed by atoms with Crippen molar-refractivity contribution in [3.8, 4) is 0 Å². The number of cyclic esters (lactones) is 2. The van der Waals surface area contributed by atoms with Gasteiger partial charge in [0.25, 0.3) is 0 Å². The van der Waals surface area contributed by atoms with Crippen molar-refractivity contribution in [1.29, 1.82) is 0 Å². The van der Waals surface area contributed by atoms with Crippen molar-refractivity contribution in [3.05, 3.63) is 12.2 Å². The first-order chi connectivity index (χ1) is 6.77. The summed E-state index contributed by atoms with van der Waals surface area (Å²) in [4.78, 5) is 22.8. The Morgan fingerprint density at radius 3 is 2.00 bits per heavy atom. The highest BCUT2D eigenvalue weighted by molar-refractivity contribution is 5.98. The largest absolute Gasteiger partial charge is 0.393 e. The van der Waals surface area contributed by atoms with Gasteiger partial charge in [0, 0.05) is 0 Å². The average Bonchev–Trinajstić information content (AvgIpc) is 2.64. The molecule has 14 heavy (non-hydrogen) atoms. The van der Waals surface area contributed by atoms with Crippen molar-refractivity contribution in [1.82, 2.24) is 0 Å². The van der Waals surface area contributed by atoms with Gasteiger partial charge in [-0.1, -0.05) is 12.2 Å². The van der Waals surface area contributed by atoms with Gasteiger partial charge in [0.1, 0.15) is 0 Å². The van der Waals surface area contributed by atoms with Gasteiger partial charge >= 0.3 is 11.9 Å². The molecule has 0 radical (unpaired) electrons. The molecule has 3 aliphatic carbocycles. The van der Waals surface area contributed by atoms with Gasteiger partial charge in [-0.3, -0.25) is 9.59 Å². The number of hydrogen-bond donors (Lipinski definition) is 0. The lowest BCUT2D eigenvalue weighted by Crippen LogP contribution is -2.50. The topological polar surface area (TPSA) is 43.4 Å². The first-order valence-corrected chi connectivity index (χ1v) is 5.21. The molecule has 2 bridgehead atoms. The zero-order chi connectivity index (χ0) is 9.45. The fourth-order valence-electron chi connectivity index (χ4n) is 4.09. The van der Waals surface area contributed by atoms with Crippen LogP contribution in [0, 0.1) is 35.5 Å². The van der Waals surface area contributed by atoms with Gasteiger partial charge < -0.3 is 4.74 Å². The minimum atomic E-state index is -0.262. The van der Waals surface area contributed by atoms with E-state index in [-0.39, 0.29) is 23.8 Å². The van der Waals surface area contributed by atoms with E-state index in [1.165, 1.54) is 0 Å². The van der Waals surface area contributed by atoms with Crippen LogP contribution in [0.25, 0.3) is 0 Å². The summed E-state index contributed by atoms with van der Waals surface area (Å²) in [5.41, 5.74) is 0. The number of carbonyl (C=O) groups excluding carboxylic acids is 2. The molecule has 3 nitrogen and oxygen atoms in total. The summed E-state index contributed by atoms with van der Waals surface area (Å²) >= 11 is 0. The van der Waals surface area contributed by atoms with E-state index in [0.717, 1.165) is 6.42 Å². The molecule has 0 N–H and O–H groups in total. The van der Waals surface area contributed by atoms with Crippen LogP contribution in [0.4, 0.5) is 0 Å². The fourth-order valence-corrected chi connectivity index (χ4v) is 4.09. The van der Waals surface area contributed by atoms with Crippen LogP contribution in [0.5, 0.6) is 0 Å². The lowest BCUT2D eigenvalue weighted by atomic mass is 9.54. The lowest BCUT2D eigenvalue weighted by Gasteiger charge is -2.45. The highest BCUT2D eigenvalue weighted by Crippen LogP contribution is 2.65. The van der Waals surface area contributed by atoms with Crippen LogP contribution in [-0.4, -0.2) is 11.9 Å². The normalized spacial score (nSPS) is 56.9. The maximum Gasteiger partial charge on any atom is 0.317 e. The van der Waals surface area contributed by atoms with Gasteiger partial charge in [-0.2, -0.15) is 0 Å². The molecule has 1 saturated heterocycles. The van der Waals surface area contributed by atoms with Crippen molar-refractivity contribution >= 4 is 11.9 Å². The van der Waals surface area contributed by atoms with Crippen molar-refractivity contribution < 1.29 is 14.3 Å². The lowest BCUT2D eigenvalue weighted by molar-refractivity contribution is -0.153. The van der Waals surface area contributed by atoms with Gasteiger partial charge in [0.05, 0.1) is 11.8 Å². The van der Waals surface area contributed by atoms with E-state index in [0.29, 0.717) is 23.7 Å². The first-order valence-electron chi connectivity index (χ1n) is 5.21. The molecular formula is C11H10O3. The number of esters is 2. The Hall–Kier alpha value is -1.12. The summed E-state index contributed by atoms with van der Waals surface area (Å²) in [6, 6.07) is 0. The van der Waals surface area contributed by atoms with Crippen LogP contribution < -0.4 is 0 Å². The van der Waals surface area contributed by atoms with Crippen molar-refractivity contribution in [2.75, 3.05) is 0 Å². The fraction of sp³-hybridized carbons (Fsp3) is 0.636. The van der Waals surface area contributed by atoms with Gasteiger partial charge in [-0.25, -0.2) is 0 Å². The Morgan fingerprint density at radius 2 is 1.50 bits per heavy atom. The molecule has 4 aliphatic rings. The Labute approximate surface area is 81.1 Å². The minimum absolute atomic E-state index is 0.0903. The molecule has 1 heterocycles. The maximum atomic E-state index is 11.4. The maximum absolute atomic E-state index is 11.4. The molecule has 0 spiro atoms. The number of ether oxygens (including phenoxy) is 1. The van der Waals surface area contributed by atoms with E-state index in [4.69, 9.17) is 4.74 Å². The number of carbonyl (C=O) groups is 2. The third kappa shape index (κ3) is 0.552. The molecule has 6 atom stereocenters. The summed E-state index contributed by atoms with van der Waals surface area (Å²) < 4.78 is 4.70. The summed E-state index contributed by atoms with van der Waals surface area (Å²) in [5.74, 6) is 1.24. The van der Waals surface area contributed by atoms with E-state index in [9.17, 15) is 9.59 Å². The van der Waals surface area contributed by atoms with Crippen LogP contribution in [-0.2, 0) is 14.3 Å². The van der Waals surface area contributed by atoms with Gasteiger partial charge in [-0.05, 0) is 30.1 Å². The quantitative estimate of drug-likeness (QED) is 0.321. The van der Waals surface area contributed by atoms with Crippen LogP contribution in [0.1, 0.15) is 6.42 Å². The zero-order valence-electron chi connectivity index (χ0n) is 7.55. The van der Waals surface area contributed by atoms with Gasteiger partial charge in [0.2, 0.25) is 0 Å². The molecule has 3 fully saturated rings. The SMILES string of the molecule is O=C1OC(=O)[C@@H]2C1C1C3C=CC(C3)C12. The second-order valence-corrected chi connectivity index (χ2v) is 4.89. The molecule has 3 heteroatoms. The van der Waals surface area contributed by atoms with E-state index in [1.807, 2.05) is 0 Å². The molecule has 4 rings (SSSR count). The van der Waals surface area contributed by atoms with Gasteiger partial charge in [-0.15, -0.1) is 0 Å². The molecule has 5 unspecified atom stereocenters. The molecule has 0 aromatic heterocycles.